The summed E-state index contributed by atoms with van der Waals surface area (Å²) >= 11 is 0. The minimum atomic E-state index is -0.496. The van der Waals surface area contributed by atoms with Gasteiger partial charge in [-0.25, -0.2) is 4.79 Å². The van der Waals surface area contributed by atoms with E-state index in [0.717, 1.165) is 17.7 Å². The zero-order valence-electron chi connectivity index (χ0n) is 23.5. The lowest BCUT2D eigenvalue weighted by molar-refractivity contribution is 0.0521. The lowest BCUT2D eigenvalue weighted by atomic mass is 10.0. The maximum absolute atomic E-state index is 13.6. The van der Waals surface area contributed by atoms with Crippen molar-refractivity contribution in [1.29, 1.82) is 0 Å². The van der Waals surface area contributed by atoms with Gasteiger partial charge in [0.1, 0.15) is 11.9 Å². The van der Waals surface area contributed by atoms with Crippen LogP contribution in [0, 0.1) is 5.92 Å². The summed E-state index contributed by atoms with van der Waals surface area (Å²) < 4.78 is 27.3. The van der Waals surface area contributed by atoms with Crippen molar-refractivity contribution >= 4 is 12.0 Å². The van der Waals surface area contributed by atoms with Crippen LogP contribution in [0.25, 0.3) is 0 Å². The van der Waals surface area contributed by atoms with Crippen LogP contribution in [0.5, 0.6) is 17.2 Å². The molecule has 1 aliphatic heterocycles. The SMILES string of the molecule is COCCCOc1cc(C(=O)N(C[C@H]2CNC[C@H]2OC(=O)NCc2cccc(OC)c2)C(C)C)ccc1OC. The van der Waals surface area contributed by atoms with E-state index in [9.17, 15) is 9.59 Å². The average molecular weight is 544 g/mol. The number of rotatable bonds is 14. The number of carbonyl (C=O) groups excluding carboxylic acids is 2. The highest BCUT2D eigenvalue weighted by atomic mass is 16.6. The van der Waals surface area contributed by atoms with Crippen molar-refractivity contribution in [2.75, 3.05) is 54.2 Å². The summed E-state index contributed by atoms with van der Waals surface area (Å²) in [5, 5.41) is 6.10. The third-order valence-electron chi connectivity index (χ3n) is 6.58. The Morgan fingerprint density at radius 3 is 2.56 bits per heavy atom. The van der Waals surface area contributed by atoms with Crippen LogP contribution in [-0.2, 0) is 16.0 Å². The average Bonchev–Trinajstić information content (AvgIpc) is 3.38. The maximum atomic E-state index is 13.6. The molecule has 0 spiro atoms. The highest BCUT2D eigenvalue weighted by Crippen LogP contribution is 2.29. The van der Waals surface area contributed by atoms with E-state index in [0.29, 0.717) is 56.5 Å². The Balaban J connectivity index is 1.62. The molecular formula is C29H41N3O7. The third kappa shape index (κ3) is 8.76. The summed E-state index contributed by atoms with van der Waals surface area (Å²) in [6.45, 7) is 6.91. The van der Waals surface area contributed by atoms with Gasteiger partial charge < -0.3 is 39.2 Å². The Bertz CT molecular complexity index is 1080. The van der Waals surface area contributed by atoms with E-state index in [1.807, 2.05) is 38.1 Å². The van der Waals surface area contributed by atoms with Gasteiger partial charge >= 0.3 is 6.09 Å². The Morgan fingerprint density at radius 1 is 1.03 bits per heavy atom. The fourth-order valence-electron chi connectivity index (χ4n) is 4.42. The fourth-order valence-corrected chi connectivity index (χ4v) is 4.42. The summed E-state index contributed by atoms with van der Waals surface area (Å²) in [7, 11) is 4.81. The van der Waals surface area contributed by atoms with Crippen LogP contribution in [-0.4, -0.2) is 83.2 Å². The van der Waals surface area contributed by atoms with Crippen LogP contribution in [0.15, 0.2) is 42.5 Å². The zero-order chi connectivity index (χ0) is 28.2. The minimum Gasteiger partial charge on any atom is -0.497 e. The predicted octanol–water partition coefficient (Wildman–Crippen LogP) is 3.48. The van der Waals surface area contributed by atoms with Gasteiger partial charge in [-0.1, -0.05) is 12.1 Å². The molecule has 39 heavy (non-hydrogen) atoms. The van der Waals surface area contributed by atoms with E-state index in [2.05, 4.69) is 10.6 Å². The molecule has 0 radical (unpaired) electrons. The first-order valence-corrected chi connectivity index (χ1v) is 13.2. The van der Waals surface area contributed by atoms with Crippen molar-refractivity contribution in [2.45, 2.75) is 39.0 Å². The first kappa shape index (κ1) is 30.0. The molecule has 1 fully saturated rings. The summed E-state index contributed by atoms with van der Waals surface area (Å²) in [5.41, 5.74) is 1.41. The molecule has 2 N–H and O–H groups in total. The summed E-state index contributed by atoms with van der Waals surface area (Å²) in [6.07, 6.45) is -0.136. The van der Waals surface area contributed by atoms with E-state index in [1.54, 1.807) is 44.4 Å². The molecule has 2 atom stereocenters. The summed E-state index contributed by atoms with van der Waals surface area (Å²) in [4.78, 5) is 28.0. The van der Waals surface area contributed by atoms with Gasteiger partial charge in [0.05, 0.1) is 20.8 Å². The maximum Gasteiger partial charge on any atom is 0.407 e. The molecule has 2 aromatic rings. The van der Waals surface area contributed by atoms with Gasteiger partial charge in [-0.2, -0.15) is 0 Å². The number of nitrogens with zero attached hydrogens (tertiary/aromatic N) is 1. The van der Waals surface area contributed by atoms with Crippen LogP contribution < -0.4 is 24.8 Å². The topological polar surface area (TPSA) is 108 Å². The smallest absolute Gasteiger partial charge is 0.407 e. The Kier molecular flexibility index (Phi) is 11.7. The Morgan fingerprint density at radius 2 is 1.85 bits per heavy atom. The second kappa shape index (κ2) is 15.2. The molecule has 0 saturated carbocycles. The Labute approximate surface area is 230 Å². The largest absolute Gasteiger partial charge is 0.497 e. The van der Waals surface area contributed by atoms with Gasteiger partial charge in [-0.3, -0.25) is 4.79 Å². The quantitative estimate of drug-likeness (QED) is 0.349. The Hall–Kier alpha value is -3.50. The summed E-state index contributed by atoms with van der Waals surface area (Å²) in [5.74, 6) is 1.63. The van der Waals surface area contributed by atoms with E-state index in [1.165, 1.54) is 0 Å². The molecule has 10 heteroatoms. The minimum absolute atomic E-state index is 0.0538. The molecule has 2 aromatic carbocycles. The van der Waals surface area contributed by atoms with Gasteiger partial charge in [0.25, 0.3) is 5.91 Å². The van der Waals surface area contributed by atoms with Gasteiger partial charge in [0.15, 0.2) is 11.5 Å². The standard InChI is InChI=1S/C29H41N3O7/c1-20(2)32(28(33)22-10-11-25(37-5)26(15-22)38-13-7-12-35-3)19-23-17-30-18-27(23)39-29(34)31-16-21-8-6-9-24(14-21)36-4/h6,8-11,14-15,20,23,27,30H,7,12-13,16-19H2,1-5H3,(H,31,34)/t23-,27-/m1/s1. The molecular weight excluding hydrogens is 502 g/mol. The third-order valence-corrected chi connectivity index (χ3v) is 6.58. The number of nitrogens with one attached hydrogen (secondary N) is 2. The number of hydrogen-bond acceptors (Lipinski definition) is 8. The monoisotopic (exact) mass is 543 g/mol. The first-order chi connectivity index (χ1) is 18.9. The predicted molar refractivity (Wildman–Crippen MR) is 148 cm³/mol. The highest BCUT2D eigenvalue weighted by Gasteiger charge is 2.34. The van der Waals surface area contributed by atoms with Crippen molar-refractivity contribution in [1.82, 2.24) is 15.5 Å². The van der Waals surface area contributed by atoms with Gasteiger partial charge in [-0.15, -0.1) is 0 Å². The first-order valence-electron chi connectivity index (χ1n) is 13.2. The number of benzene rings is 2. The molecule has 214 valence electrons. The van der Waals surface area contributed by atoms with Crippen LogP contribution in [0.3, 0.4) is 0 Å². The van der Waals surface area contributed by atoms with Crippen LogP contribution >= 0.6 is 0 Å². The number of carbonyl (C=O) groups is 2. The number of amides is 2. The number of methoxy groups -OCH3 is 3. The number of hydrogen-bond donors (Lipinski definition) is 2. The molecule has 10 nitrogen and oxygen atoms in total. The van der Waals surface area contributed by atoms with Gasteiger partial charge in [0, 0.05) is 63.8 Å². The normalized spacial score (nSPS) is 16.6. The van der Waals surface area contributed by atoms with Crippen LogP contribution in [0.1, 0.15) is 36.2 Å². The van der Waals surface area contributed by atoms with Crippen molar-refractivity contribution in [3.63, 3.8) is 0 Å². The highest BCUT2D eigenvalue weighted by molar-refractivity contribution is 5.95. The van der Waals surface area contributed by atoms with Gasteiger partial charge in [-0.05, 0) is 49.7 Å². The molecule has 0 aliphatic carbocycles. The van der Waals surface area contributed by atoms with E-state index < -0.39 is 6.09 Å². The van der Waals surface area contributed by atoms with Gasteiger partial charge in [0.2, 0.25) is 0 Å². The lowest BCUT2D eigenvalue weighted by Gasteiger charge is -2.31. The van der Waals surface area contributed by atoms with Crippen LogP contribution in [0.4, 0.5) is 4.79 Å². The number of alkyl carbamates (subject to hydrolysis) is 1. The molecule has 0 aromatic heterocycles. The number of ether oxygens (including phenoxy) is 5. The molecule has 1 heterocycles. The van der Waals surface area contributed by atoms with Crippen molar-refractivity contribution in [3.05, 3.63) is 53.6 Å². The molecule has 2 amide bonds. The van der Waals surface area contributed by atoms with Crippen molar-refractivity contribution < 1.29 is 33.3 Å². The van der Waals surface area contributed by atoms with E-state index in [-0.39, 0.29) is 24.0 Å². The molecule has 0 bridgehead atoms. The molecule has 1 saturated heterocycles. The van der Waals surface area contributed by atoms with E-state index in [4.69, 9.17) is 23.7 Å². The zero-order valence-corrected chi connectivity index (χ0v) is 23.5. The second-order valence-electron chi connectivity index (χ2n) is 9.68. The van der Waals surface area contributed by atoms with Crippen LogP contribution in [0.2, 0.25) is 0 Å². The van der Waals surface area contributed by atoms with E-state index >= 15 is 0 Å². The fraction of sp³-hybridized carbons (Fsp3) is 0.517. The molecule has 0 unspecified atom stereocenters. The van der Waals surface area contributed by atoms with Crippen molar-refractivity contribution in [3.8, 4) is 17.2 Å². The molecule has 3 rings (SSSR count). The second-order valence-corrected chi connectivity index (χ2v) is 9.68. The summed E-state index contributed by atoms with van der Waals surface area (Å²) in [6, 6.07) is 12.6. The van der Waals surface area contributed by atoms with Crippen molar-refractivity contribution in [2.24, 2.45) is 5.92 Å². The lowest BCUT2D eigenvalue weighted by Crippen LogP contribution is -2.44. The molecule has 1 aliphatic rings.